The van der Waals surface area contributed by atoms with E-state index >= 15 is 0 Å². The highest BCUT2D eigenvalue weighted by molar-refractivity contribution is 7.92. The predicted octanol–water partition coefficient (Wildman–Crippen LogP) is 4.73. The van der Waals surface area contributed by atoms with Crippen molar-refractivity contribution < 1.29 is 27.9 Å². The largest absolute Gasteiger partial charge is 0.497 e. The van der Waals surface area contributed by atoms with Gasteiger partial charge in [-0.05, 0) is 48.9 Å². The number of carbonyl (C=O) groups excluding carboxylic acids is 1. The summed E-state index contributed by atoms with van der Waals surface area (Å²) in [6.45, 7) is 2.12. The summed E-state index contributed by atoms with van der Waals surface area (Å²) in [5.74, 6) is -1.17. The second kappa shape index (κ2) is 11.5. The molecule has 0 saturated heterocycles. The van der Waals surface area contributed by atoms with Crippen molar-refractivity contribution >= 4 is 27.5 Å². The maximum Gasteiger partial charge on any atom is 0.337 e. The lowest BCUT2D eigenvalue weighted by molar-refractivity contribution is 0.0698. The van der Waals surface area contributed by atoms with Crippen molar-refractivity contribution in [2.75, 3.05) is 17.6 Å². The Balaban J connectivity index is 2.12. The van der Waals surface area contributed by atoms with Gasteiger partial charge in [0.25, 0.3) is 0 Å². The van der Waals surface area contributed by atoms with Crippen molar-refractivity contribution in [3.05, 3.63) is 59.2 Å². The number of carbonyl (C=O) groups is 2. The fourth-order valence-electron chi connectivity index (χ4n) is 3.15. The summed E-state index contributed by atoms with van der Waals surface area (Å²) < 4.78 is 32.2. The molecule has 7 nitrogen and oxygen atoms in total. The first-order valence-electron chi connectivity index (χ1n) is 10.3. The van der Waals surface area contributed by atoms with Gasteiger partial charge in [-0.2, -0.15) is 0 Å². The third-order valence-electron chi connectivity index (χ3n) is 4.90. The molecule has 2 N–H and O–H groups in total. The van der Waals surface area contributed by atoms with Crippen LogP contribution in [0.15, 0.2) is 42.5 Å². The predicted molar refractivity (Wildman–Crippen MR) is 121 cm³/mol. The van der Waals surface area contributed by atoms with Crippen molar-refractivity contribution in [3.8, 4) is 5.75 Å². The number of rotatable bonds is 13. The van der Waals surface area contributed by atoms with Crippen LogP contribution in [0, 0.1) is 0 Å². The maximum absolute atomic E-state index is 12.7. The molecule has 0 bridgehead atoms. The summed E-state index contributed by atoms with van der Waals surface area (Å²) in [5.41, 5.74) is 0.200. The number of hydrogen-bond acceptors (Lipinski definition) is 5. The van der Waals surface area contributed by atoms with Gasteiger partial charge >= 0.3 is 5.97 Å². The van der Waals surface area contributed by atoms with E-state index in [4.69, 9.17) is 4.74 Å². The summed E-state index contributed by atoms with van der Waals surface area (Å²) in [4.78, 5) is 24.4. The molecule has 2 aromatic carbocycles. The minimum absolute atomic E-state index is 0.0511. The Morgan fingerprint density at radius 1 is 0.935 bits per heavy atom. The number of anilines is 1. The Kier molecular flexibility index (Phi) is 9.05. The van der Waals surface area contributed by atoms with E-state index in [1.165, 1.54) is 25.3 Å². The van der Waals surface area contributed by atoms with Crippen LogP contribution in [-0.2, 0) is 10.0 Å². The van der Waals surface area contributed by atoms with E-state index in [0.717, 1.165) is 32.1 Å². The molecule has 0 heterocycles. The number of ether oxygens (including phenoxy) is 1. The highest BCUT2D eigenvalue weighted by atomic mass is 32.2. The molecule has 0 spiro atoms. The van der Waals surface area contributed by atoms with Gasteiger partial charge in [0.15, 0.2) is 5.78 Å². The fraction of sp³-hybridized carbons (Fsp3) is 0.391. The van der Waals surface area contributed by atoms with Crippen LogP contribution in [0.3, 0.4) is 0 Å². The summed E-state index contributed by atoms with van der Waals surface area (Å²) in [7, 11) is -2.17. The quantitative estimate of drug-likeness (QED) is 0.339. The lowest BCUT2D eigenvalue weighted by atomic mass is 10.0. The molecule has 0 amide bonds. The smallest absolute Gasteiger partial charge is 0.337 e. The van der Waals surface area contributed by atoms with Crippen LogP contribution >= 0.6 is 0 Å². The number of benzene rings is 2. The minimum Gasteiger partial charge on any atom is -0.497 e. The second-order valence-electron chi connectivity index (χ2n) is 7.31. The van der Waals surface area contributed by atoms with Crippen molar-refractivity contribution in [3.63, 3.8) is 0 Å². The molecule has 2 rings (SSSR count). The normalized spacial score (nSPS) is 11.2. The number of carboxylic acid groups (broad SMARTS) is 1. The van der Waals surface area contributed by atoms with Crippen LogP contribution in [0.1, 0.15) is 71.7 Å². The second-order valence-corrected chi connectivity index (χ2v) is 9.15. The maximum atomic E-state index is 12.7. The van der Waals surface area contributed by atoms with Crippen LogP contribution in [0.25, 0.3) is 0 Å². The number of methoxy groups -OCH3 is 1. The summed E-state index contributed by atoms with van der Waals surface area (Å²) in [5, 5.41) is 9.54. The van der Waals surface area contributed by atoms with Crippen molar-refractivity contribution in [2.24, 2.45) is 0 Å². The third kappa shape index (κ3) is 7.40. The molecule has 0 radical (unpaired) electrons. The van der Waals surface area contributed by atoms with Crippen LogP contribution in [0.5, 0.6) is 5.75 Å². The average molecular weight is 448 g/mol. The van der Waals surface area contributed by atoms with Crippen LogP contribution in [0.4, 0.5) is 5.69 Å². The first-order chi connectivity index (χ1) is 14.8. The Morgan fingerprint density at radius 3 is 2.16 bits per heavy atom. The third-order valence-corrected chi connectivity index (χ3v) is 6.25. The summed E-state index contributed by atoms with van der Waals surface area (Å²) in [6.07, 6.45) is 5.63. The zero-order valence-corrected chi connectivity index (χ0v) is 18.7. The van der Waals surface area contributed by atoms with Gasteiger partial charge in [0.1, 0.15) is 5.75 Å². The van der Waals surface area contributed by atoms with Crippen LogP contribution < -0.4 is 9.46 Å². The number of unbranched alkanes of at least 4 members (excludes halogenated alkanes) is 5. The molecule has 0 atom stereocenters. The molecule has 31 heavy (non-hydrogen) atoms. The van der Waals surface area contributed by atoms with E-state index in [-0.39, 0.29) is 28.4 Å². The molecule has 0 unspecified atom stereocenters. The monoisotopic (exact) mass is 447 g/mol. The lowest BCUT2D eigenvalue weighted by Crippen LogP contribution is -2.19. The molecule has 2 aromatic rings. The van der Waals surface area contributed by atoms with Crippen molar-refractivity contribution in [1.29, 1.82) is 0 Å². The van der Waals surface area contributed by atoms with Gasteiger partial charge in [-0.15, -0.1) is 0 Å². The highest BCUT2D eigenvalue weighted by Crippen LogP contribution is 2.22. The Morgan fingerprint density at radius 2 is 1.55 bits per heavy atom. The summed E-state index contributed by atoms with van der Waals surface area (Å²) >= 11 is 0. The van der Waals surface area contributed by atoms with Gasteiger partial charge in [0.2, 0.25) is 10.0 Å². The number of ketones is 1. The van der Waals surface area contributed by atoms with Gasteiger partial charge in [-0.3, -0.25) is 9.52 Å². The molecule has 0 aromatic heterocycles. The topological polar surface area (TPSA) is 110 Å². The van der Waals surface area contributed by atoms with E-state index in [2.05, 4.69) is 11.6 Å². The van der Waals surface area contributed by atoms with Gasteiger partial charge in [0.05, 0.1) is 24.1 Å². The van der Waals surface area contributed by atoms with Gasteiger partial charge in [0, 0.05) is 11.1 Å². The van der Waals surface area contributed by atoms with Gasteiger partial charge < -0.3 is 9.84 Å². The van der Waals surface area contributed by atoms with E-state index < -0.39 is 16.0 Å². The first-order valence-corrected chi connectivity index (χ1v) is 12.0. The lowest BCUT2D eigenvalue weighted by Gasteiger charge is -2.12. The summed E-state index contributed by atoms with van der Waals surface area (Å²) in [6, 6.07) is 10.4. The van der Waals surface area contributed by atoms with Crippen molar-refractivity contribution in [1.82, 2.24) is 0 Å². The van der Waals surface area contributed by atoms with E-state index in [0.29, 0.717) is 17.7 Å². The number of aromatic carboxylic acids is 1. The molecule has 8 heteroatoms. The first kappa shape index (κ1) is 24.4. The average Bonchev–Trinajstić information content (AvgIpc) is 2.75. The van der Waals surface area contributed by atoms with Gasteiger partial charge in [-0.25, -0.2) is 13.2 Å². The number of hydrogen-bond donors (Lipinski definition) is 2. The number of carboxylic acids is 1. The zero-order chi connectivity index (χ0) is 22.9. The fourth-order valence-corrected chi connectivity index (χ4v) is 4.35. The molecule has 168 valence electrons. The van der Waals surface area contributed by atoms with E-state index in [1.54, 1.807) is 24.3 Å². The van der Waals surface area contributed by atoms with Crippen LogP contribution in [0.2, 0.25) is 0 Å². The van der Waals surface area contributed by atoms with Crippen LogP contribution in [-0.4, -0.2) is 38.1 Å². The SMILES string of the molecule is CCCCCCCCS(=O)(=O)Nc1ccc(C(=O)c2ccc(OC)cc2)cc1C(=O)O. The Bertz CT molecular complexity index is 999. The standard InChI is InChI=1S/C23H29NO6S/c1-3-4-5-6-7-8-15-31(28,29)24-21-14-11-18(16-20(21)23(26)27)22(25)17-9-12-19(30-2)13-10-17/h9-14,16,24H,3-8,15H2,1-2H3,(H,26,27). The van der Waals surface area contributed by atoms with Gasteiger partial charge in [-0.1, -0.05) is 39.0 Å². The molecule has 0 aliphatic heterocycles. The minimum atomic E-state index is -3.69. The molecular weight excluding hydrogens is 418 g/mol. The molecule has 0 aliphatic rings. The zero-order valence-electron chi connectivity index (χ0n) is 17.9. The number of sulfonamides is 1. The molecule has 0 fully saturated rings. The Labute approximate surface area is 183 Å². The highest BCUT2D eigenvalue weighted by Gasteiger charge is 2.19. The van der Waals surface area contributed by atoms with Crippen molar-refractivity contribution in [2.45, 2.75) is 45.4 Å². The number of nitrogens with one attached hydrogen (secondary N) is 1. The van der Waals surface area contributed by atoms with E-state index in [1.807, 2.05) is 0 Å². The van der Waals surface area contributed by atoms with E-state index in [9.17, 15) is 23.1 Å². The molecular formula is C23H29NO6S. The molecule has 0 aliphatic carbocycles. The molecule has 0 saturated carbocycles. The Hall–Kier alpha value is -2.87.